The second kappa shape index (κ2) is 1.92. The predicted molar refractivity (Wildman–Crippen MR) is 40.6 cm³/mol. The summed E-state index contributed by atoms with van der Waals surface area (Å²) in [5, 5.41) is 9.70. The molecule has 3 N–H and O–H groups in total. The molecule has 0 aromatic carbocycles. The Labute approximate surface area is 61.5 Å². The van der Waals surface area contributed by atoms with Crippen LogP contribution in [0.25, 0.3) is 0 Å². The Morgan fingerprint density at radius 1 is 1.80 bits per heavy atom. The molecular weight excluding hydrogens is 149 g/mol. The maximum Gasteiger partial charge on any atom is 0.170 e. The van der Waals surface area contributed by atoms with Crippen molar-refractivity contribution in [2.24, 2.45) is 0 Å². The molecule has 1 saturated heterocycles. The molecule has 1 fully saturated rings. The van der Waals surface area contributed by atoms with E-state index < -0.39 is 5.72 Å². The fraction of sp³-hybridized carbons (Fsp3) is 0.600. The molecule has 2 heterocycles. The molecule has 0 aromatic heterocycles. The third-order valence-corrected chi connectivity index (χ3v) is 2.23. The highest BCUT2D eigenvalue weighted by atomic mass is 31.0. The Kier molecular flexibility index (Phi) is 1.26. The number of hydrogen-bond donors (Lipinski definition) is 3. The van der Waals surface area contributed by atoms with E-state index >= 15 is 0 Å². The number of nitrogens with one attached hydrogen (secondary N) is 2. The summed E-state index contributed by atoms with van der Waals surface area (Å²) < 4.78 is 1.99. The van der Waals surface area contributed by atoms with Crippen LogP contribution in [0.5, 0.6) is 0 Å². The quantitative estimate of drug-likeness (QED) is 0.387. The maximum atomic E-state index is 9.70. The monoisotopic (exact) mass is 159 g/mol. The third kappa shape index (κ3) is 0.772. The van der Waals surface area contributed by atoms with Crippen molar-refractivity contribution in [3.63, 3.8) is 0 Å². The topological polar surface area (TPSA) is 47.5 Å². The fourth-order valence-electron chi connectivity index (χ4n) is 1.33. The first-order valence-corrected chi connectivity index (χ1v) is 3.67. The summed E-state index contributed by atoms with van der Waals surface area (Å²) in [6.07, 6.45) is 1.81. The van der Waals surface area contributed by atoms with Crippen molar-refractivity contribution in [2.45, 2.75) is 5.72 Å². The molecule has 56 valence electrons. The van der Waals surface area contributed by atoms with Crippen LogP contribution in [0.2, 0.25) is 0 Å². The summed E-state index contributed by atoms with van der Waals surface area (Å²) in [6, 6.07) is 0. The molecule has 2 atom stereocenters. The lowest BCUT2D eigenvalue weighted by molar-refractivity contribution is 0.0552. The highest BCUT2D eigenvalue weighted by molar-refractivity contribution is 7.13. The lowest BCUT2D eigenvalue weighted by atomic mass is 10.1. The average Bonchev–Trinajstić information content (AvgIpc) is 2.20. The Morgan fingerprint density at radius 3 is 3.30 bits per heavy atom. The minimum atomic E-state index is -0.818. The van der Waals surface area contributed by atoms with Gasteiger partial charge in [0, 0.05) is 18.3 Å². The predicted octanol–water partition coefficient (Wildman–Crippen LogP) is -1.23. The molecule has 5 heteroatoms. The van der Waals surface area contributed by atoms with Gasteiger partial charge in [0.05, 0.1) is 6.54 Å². The van der Waals surface area contributed by atoms with Crippen molar-refractivity contribution in [3.05, 3.63) is 11.8 Å². The van der Waals surface area contributed by atoms with Gasteiger partial charge in [0.1, 0.15) is 0 Å². The molecule has 2 rings (SSSR count). The summed E-state index contributed by atoms with van der Waals surface area (Å²) in [4.78, 5) is 0. The number of nitrogens with zero attached hydrogens (tertiary/aromatic N) is 1. The van der Waals surface area contributed by atoms with Crippen molar-refractivity contribution in [1.82, 2.24) is 15.5 Å². The van der Waals surface area contributed by atoms with E-state index in [2.05, 4.69) is 20.2 Å². The molecule has 0 bridgehead atoms. The van der Waals surface area contributed by atoms with E-state index in [-0.39, 0.29) is 0 Å². The Hall–Kier alpha value is -0.150. The zero-order valence-electron chi connectivity index (χ0n) is 5.46. The standard InChI is InChI=1S/C5H10N3OP/c9-5-3-8(10)2-4(5)1-6-7-5/h1,6-7,9H,2-3,10H2. The van der Waals surface area contributed by atoms with E-state index in [1.54, 1.807) is 0 Å². The SMILES string of the molecule is OC12CN(P)CC1=CNN2. The maximum absolute atomic E-state index is 9.70. The van der Waals surface area contributed by atoms with Crippen LogP contribution in [0.1, 0.15) is 0 Å². The number of β-amino-alcohol motifs (C(OH)–C–C–N with tert-alkyl or cyclic N) is 1. The van der Waals surface area contributed by atoms with E-state index in [9.17, 15) is 5.11 Å². The number of hydrazine groups is 1. The van der Waals surface area contributed by atoms with Gasteiger partial charge in [-0.15, -0.1) is 0 Å². The summed E-state index contributed by atoms with van der Waals surface area (Å²) >= 11 is 0. The van der Waals surface area contributed by atoms with Gasteiger partial charge in [-0.05, 0) is 0 Å². The van der Waals surface area contributed by atoms with Gasteiger partial charge in [0.2, 0.25) is 0 Å². The van der Waals surface area contributed by atoms with Gasteiger partial charge in [0.15, 0.2) is 5.72 Å². The number of aliphatic hydroxyl groups is 1. The summed E-state index contributed by atoms with van der Waals surface area (Å²) in [7, 11) is 2.57. The summed E-state index contributed by atoms with van der Waals surface area (Å²) in [5.41, 5.74) is 5.76. The fourth-order valence-corrected chi connectivity index (χ4v) is 1.79. The van der Waals surface area contributed by atoms with Crippen molar-refractivity contribution in [3.8, 4) is 0 Å². The van der Waals surface area contributed by atoms with Crippen LogP contribution in [0, 0.1) is 0 Å². The second-order valence-corrected chi connectivity index (χ2v) is 3.43. The van der Waals surface area contributed by atoms with Crippen molar-refractivity contribution in [2.75, 3.05) is 13.1 Å². The van der Waals surface area contributed by atoms with Crippen LogP contribution in [-0.2, 0) is 0 Å². The van der Waals surface area contributed by atoms with Crippen molar-refractivity contribution in [1.29, 1.82) is 0 Å². The van der Waals surface area contributed by atoms with Crippen LogP contribution in [0.15, 0.2) is 11.8 Å². The first-order valence-electron chi connectivity index (χ1n) is 3.15. The second-order valence-electron chi connectivity index (χ2n) is 2.70. The summed E-state index contributed by atoms with van der Waals surface area (Å²) in [5.74, 6) is 0. The molecule has 0 spiro atoms. The first-order chi connectivity index (χ1) is 4.71. The number of fused-ring (bicyclic) bond motifs is 1. The number of hydrogen-bond acceptors (Lipinski definition) is 4. The van der Waals surface area contributed by atoms with Crippen LogP contribution in [0.3, 0.4) is 0 Å². The van der Waals surface area contributed by atoms with Gasteiger partial charge in [-0.1, -0.05) is 9.39 Å². The van der Waals surface area contributed by atoms with Crippen LogP contribution in [0.4, 0.5) is 0 Å². The number of rotatable bonds is 0. The molecule has 0 aliphatic carbocycles. The van der Waals surface area contributed by atoms with E-state index in [0.29, 0.717) is 6.54 Å². The highest BCUT2D eigenvalue weighted by Crippen LogP contribution is 2.28. The molecule has 2 unspecified atom stereocenters. The largest absolute Gasteiger partial charge is 0.369 e. The highest BCUT2D eigenvalue weighted by Gasteiger charge is 2.41. The Morgan fingerprint density at radius 2 is 2.60 bits per heavy atom. The van der Waals surface area contributed by atoms with Crippen molar-refractivity contribution < 1.29 is 5.11 Å². The smallest absolute Gasteiger partial charge is 0.170 e. The average molecular weight is 159 g/mol. The van der Waals surface area contributed by atoms with Gasteiger partial charge in [-0.25, -0.2) is 5.43 Å². The first kappa shape index (κ1) is 6.55. The molecule has 2 aliphatic rings. The minimum Gasteiger partial charge on any atom is -0.369 e. The van der Waals surface area contributed by atoms with Crippen LogP contribution in [-0.4, -0.2) is 28.6 Å². The zero-order valence-corrected chi connectivity index (χ0v) is 6.62. The summed E-state index contributed by atoms with van der Waals surface area (Å²) in [6.45, 7) is 1.43. The molecule has 0 saturated carbocycles. The molecule has 2 aliphatic heterocycles. The molecule has 0 amide bonds. The van der Waals surface area contributed by atoms with E-state index in [1.807, 2.05) is 10.9 Å². The molecule has 0 radical (unpaired) electrons. The Bertz CT molecular complexity index is 195. The lowest BCUT2D eigenvalue weighted by Crippen LogP contribution is -2.48. The van der Waals surface area contributed by atoms with Crippen molar-refractivity contribution >= 4 is 9.39 Å². The molecular formula is C5H10N3OP. The lowest BCUT2D eigenvalue weighted by Gasteiger charge is -2.18. The minimum absolute atomic E-state index is 0.622. The Balaban J connectivity index is 2.27. The molecule has 10 heavy (non-hydrogen) atoms. The van der Waals surface area contributed by atoms with Gasteiger partial charge >= 0.3 is 0 Å². The van der Waals surface area contributed by atoms with Crippen LogP contribution < -0.4 is 10.9 Å². The van der Waals surface area contributed by atoms with Crippen LogP contribution >= 0.6 is 9.39 Å². The molecule has 0 aromatic rings. The van der Waals surface area contributed by atoms with E-state index in [1.165, 1.54) is 0 Å². The normalized spacial score (nSPS) is 39.2. The zero-order chi connectivity index (χ0) is 7.19. The van der Waals surface area contributed by atoms with E-state index in [0.717, 1.165) is 12.1 Å². The third-order valence-electron chi connectivity index (χ3n) is 1.86. The molecule has 4 nitrogen and oxygen atoms in total. The van der Waals surface area contributed by atoms with Gasteiger partial charge in [-0.3, -0.25) is 4.67 Å². The van der Waals surface area contributed by atoms with E-state index in [4.69, 9.17) is 0 Å². The van der Waals surface area contributed by atoms with Gasteiger partial charge < -0.3 is 10.5 Å². The van der Waals surface area contributed by atoms with Gasteiger partial charge in [-0.2, -0.15) is 0 Å². The van der Waals surface area contributed by atoms with Gasteiger partial charge in [0.25, 0.3) is 0 Å².